The van der Waals surface area contributed by atoms with Crippen molar-refractivity contribution < 1.29 is 4.79 Å². The molecule has 25 heavy (non-hydrogen) atoms. The summed E-state index contributed by atoms with van der Waals surface area (Å²) in [5.74, 6) is 0.299. The number of likely N-dealkylation sites (tertiary alicyclic amines) is 2. The van der Waals surface area contributed by atoms with Crippen LogP contribution in [-0.4, -0.2) is 44.3 Å². The maximum atomic E-state index is 12.5. The van der Waals surface area contributed by atoms with E-state index < -0.39 is 0 Å². The highest BCUT2D eigenvalue weighted by molar-refractivity contribution is 7.09. The van der Waals surface area contributed by atoms with Crippen LogP contribution in [-0.2, 0) is 17.9 Å². The third-order valence-electron chi connectivity index (χ3n) is 5.58. The van der Waals surface area contributed by atoms with Crippen molar-refractivity contribution in [3.05, 3.63) is 46.2 Å². The summed E-state index contributed by atoms with van der Waals surface area (Å²) < 4.78 is 0. The fourth-order valence-corrected chi connectivity index (χ4v) is 4.77. The molecular weight excluding hydrogens is 332 g/mol. The summed E-state index contributed by atoms with van der Waals surface area (Å²) >= 11 is 1.72. The van der Waals surface area contributed by atoms with Crippen LogP contribution in [0, 0.1) is 6.92 Å². The second-order valence-electron chi connectivity index (χ2n) is 7.20. The fraction of sp³-hybridized carbons (Fsp3) is 0.526. The van der Waals surface area contributed by atoms with Crippen LogP contribution in [0.4, 0.5) is 0 Å². The lowest BCUT2D eigenvalue weighted by atomic mass is 9.84. The topological polar surface area (TPSA) is 49.3 Å². The smallest absolute Gasteiger partial charge is 0.223 e. The van der Waals surface area contributed by atoms with Gasteiger partial charge in [0.2, 0.25) is 5.91 Å². The molecule has 0 aliphatic carbocycles. The second-order valence-corrected chi connectivity index (χ2v) is 8.26. The maximum absolute atomic E-state index is 12.5. The first-order valence-electron chi connectivity index (χ1n) is 8.97. The second kappa shape index (κ2) is 6.84. The summed E-state index contributed by atoms with van der Waals surface area (Å²) in [7, 11) is 0. The minimum atomic E-state index is 0.0431. The SMILES string of the molecule is Cc1nc(CN2CCC3(CCC(=O)N3Cc3cccnc3)CC2)cs1. The van der Waals surface area contributed by atoms with Crippen molar-refractivity contribution in [1.29, 1.82) is 0 Å². The highest BCUT2D eigenvalue weighted by Crippen LogP contribution is 2.40. The minimum absolute atomic E-state index is 0.0431. The lowest BCUT2D eigenvalue weighted by Crippen LogP contribution is -2.52. The molecule has 0 saturated carbocycles. The number of hydrogen-bond donors (Lipinski definition) is 0. The average Bonchev–Trinajstić information content (AvgIpc) is 3.17. The quantitative estimate of drug-likeness (QED) is 0.845. The van der Waals surface area contributed by atoms with Crippen LogP contribution in [0.5, 0.6) is 0 Å². The van der Waals surface area contributed by atoms with Gasteiger partial charge < -0.3 is 4.90 Å². The first-order valence-corrected chi connectivity index (χ1v) is 9.85. The van der Waals surface area contributed by atoms with Crippen molar-refractivity contribution >= 4 is 17.2 Å². The molecule has 2 fully saturated rings. The van der Waals surface area contributed by atoms with Gasteiger partial charge in [-0.3, -0.25) is 14.7 Å². The minimum Gasteiger partial charge on any atom is -0.333 e. The van der Waals surface area contributed by atoms with E-state index in [0.717, 1.165) is 49.5 Å². The van der Waals surface area contributed by atoms with Crippen molar-refractivity contribution in [1.82, 2.24) is 19.8 Å². The molecular formula is C19H24N4OS. The monoisotopic (exact) mass is 356 g/mol. The van der Waals surface area contributed by atoms with Gasteiger partial charge in [0.15, 0.2) is 0 Å². The Morgan fingerprint density at radius 2 is 2.08 bits per heavy atom. The van der Waals surface area contributed by atoms with Gasteiger partial charge in [0.05, 0.1) is 10.7 Å². The molecule has 2 aliphatic rings. The molecule has 2 saturated heterocycles. The largest absolute Gasteiger partial charge is 0.333 e. The molecule has 2 aromatic rings. The summed E-state index contributed by atoms with van der Waals surface area (Å²) in [6.45, 7) is 5.75. The number of nitrogens with zero attached hydrogens (tertiary/aromatic N) is 4. The Morgan fingerprint density at radius 3 is 2.76 bits per heavy atom. The highest BCUT2D eigenvalue weighted by Gasteiger charge is 2.46. The molecule has 5 nitrogen and oxygen atoms in total. The Labute approximate surface area is 152 Å². The number of aromatic nitrogens is 2. The average molecular weight is 356 g/mol. The van der Waals surface area contributed by atoms with E-state index in [0.29, 0.717) is 18.9 Å². The van der Waals surface area contributed by atoms with Crippen LogP contribution in [0.3, 0.4) is 0 Å². The molecule has 0 bridgehead atoms. The van der Waals surface area contributed by atoms with Crippen LogP contribution in [0.25, 0.3) is 0 Å². The molecule has 0 N–H and O–H groups in total. The van der Waals surface area contributed by atoms with Gasteiger partial charge in [-0.05, 0) is 37.8 Å². The lowest BCUT2D eigenvalue weighted by Gasteiger charge is -2.45. The highest BCUT2D eigenvalue weighted by atomic mass is 32.1. The summed E-state index contributed by atoms with van der Waals surface area (Å²) in [6.07, 6.45) is 7.45. The van der Waals surface area contributed by atoms with Crippen LogP contribution in [0.1, 0.15) is 41.9 Å². The van der Waals surface area contributed by atoms with Gasteiger partial charge in [0.25, 0.3) is 0 Å². The van der Waals surface area contributed by atoms with E-state index in [2.05, 4.69) is 38.1 Å². The van der Waals surface area contributed by atoms with Crippen molar-refractivity contribution in [2.75, 3.05) is 13.1 Å². The van der Waals surface area contributed by atoms with E-state index in [1.54, 1.807) is 17.5 Å². The molecule has 0 aromatic carbocycles. The number of piperidine rings is 1. The molecule has 2 aliphatic heterocycles. The molecule has 4 heterocycles. The van der Waals surface area contributed by atoms with Crippen molar-refractivity contribution in [2.45, 2.75) is 51.2 Å². The number of pyridine rings is 1. The molecule has 0 atom stereocenters. The van der Waals surface area contributed by atoms with Gasteiger partial charge in [0.1, 0.15) is 0 Å². The zero-order chi connectivity index (χ0) is 17.3. The van der Waals surface area contributed by atoms with Crippen LogP contribution >= 0.6 is 11.3 Å². The normalized spacial score (nSPS) is 20.5. The Balaban J connectivity index is 1.42. The van der Waals surface area contributed by atoms with E-state index in [1.807, 2.05) is 12.3 Å². The Hall–Kier alpha value is -1.79. The Kier molecular flexibility index (Phi) is 4.56. The predicted molar refractivity (Wildman–Crippen MR) is 98.1 cm³/mol. The van der Waals surface area contributed by atoms with Gasteiger partial charge in [-0.25, -0.2) is 4.98 Å². The summed E-state index contributed by atoms with van der Waals surface area (Å²) in [4.78, 5) is 25.9. The lowest BCUT2D eigenvalue weighted by molar-refractivity contribution is -0.133. The summed E-state index contributed by atoms with van der Waals surface area (Å²) in [5, 5.41) is 3.29. The molecule has 6 heteroatoms. The molecule has 0 radical (unpaired) electrons. The molecule has 1 amide bonds. The van der Waals surface area contributed by atoms with E-state index >= 15 is 0 Å². The zero-order valence-corrected chi connectivity index (χ0v) is 15.5. The summed E-state index contributed by atoms with van der Waals surface area (Å²) in [5.41, 5.74) is 2.34. The van der Waals surface area contributed by atoms with Crippen molar-refractivity contribution in [2.24, 2.45) is 0 Å². The number of thiazole rings is 1. The molecule has 4 rings (SSSR count). The predicted octanol–water partition coefficient (Wildman–Crippen LogP) is 3.00. The van der Waals surface area contributed by atoms with E-state index in [9.17, 15) is 4.79 Å². The number of hydrogen-bond acceptors (Lipinski definition) is 5. The van der Waals surface area contributed by atoms with E-state index in [-0.39, 0.29) is 5.54 Å². The van der Waals surface area contributed by atoms with Gasteiger partial charge in [-0.2, -0.15) is 0 Å². The number of amides is 1. The van der Waals surface area contributed by atoms with E-state index in [4.69, 9.17) is 0 Å². The fourth-order valence-electron chi connectivity index (χ4n) is 4.16. The van der Waals surface area contributed by atoms with Crippen LogP contribution in [0.2, 0.25) is 0 Å². The van der Waals surface area contributed by atoms with Crippen LogP contribution in [0.15, 0.2) is 29.9 Å². The number of rotatable bonds is 4. The standard InChI is InChI=1S/C19H24N4OS/c1-15-21-17(14-25-15)13-22-9-6-19(7-10-22)5-4-18(24)23(19)12-16-3-2-8-20-11-16/h2-3,8,11,14H,4-7,9-10,12-13H2,1H3. The Bertz CT molecular complexity index is 737. The maximum Gasteiger partial charge on any atom is 0.223 e. The Morgan fingerprint density at radius 1 is 1.24 bits per heavy atom. The third-order valence-corrected chi connectivity index (χ3v) is 6.40. The number of carbonyl (C=O) groups excluding carboxylic acids is 1. The van der Waals surface area contributed by atoms with Crippen molar-refractivity contribution in [3.8, 4) is 0 Å². The number of carbonyl (C=O) groups is 1. The first-order chi connectivity index (χ1) is 12.1. The van der Waals surface area contributed by atoms with E-state index in [1.165, 1.54) is 5.69 Å². The zero-order valence-electron chi connectivity index (χ0n) is 14.6. The van der Waals surface area contributed by atoms with Crippen molar-refractivity contribution in [3.63, 3.8) is 0 Å². The van der Waals surface area contributed by atoms with Crippen LogP contribution < -0.4 is 0 Å². The molecule has 0 unspecified atom stereocenters. The molecule has 132 valence electrons. The van der Waals surface area contributed by atoms with Gasteiger partial charge in [-0.15, -0.1) is 11.3 Å². The van der Waals surface area contributed by atoms with Gasteiger partial charge in [-0.1, -0.05) is 6.07 Å². The first kappa shape index (κ1) is 16.7. The molecule has 1 spiro atoms. The molecule has 2 aromatic heterocycles. The third kappa shape index (κ3) is 3.46. The summed E-state index contributed by atoms with van der Waals surface area (Å²) in [6, 6.07) is 4.01. The number of aryl methyl sites for hydroxylation is 1. The van der Waals surface area contributed by atoms with Gasteiger partial charge in [0, 0.05) is 55.9 Å². The van der Waals surface area contributed by atoms with Gasteiger partial charge >= 0.3 is 0 Å².